The van der Waals surface area contributed by atoms with Gasteiger partial charge in [0, 0.05) is 49.0 Å². The van der Waals surface area contributed by atoms with Crippen molar-refractivity contribution in [1.29, 1.82) is 0 Å². The quantitative estimate of drug-likeness (QED) is 0.0300. The van der Waals surface area contributed by atoms with Crippen LogP contribution in [0.15, 0.2) is 131 Å². The van der Waals surface area contributed by atoms with E-state index in [1.807, 2.05) is 73.0 Å². The number of carbonyl (C=O) groups excluding carboxylic acids is 1. The number of benzene rings is 4. The van der Waals surface area contributed by atoms with Gasteiger partial charge < -0.3 is 43.5 Å². The van der Waals surface area contributed by atoms with E-state index in [1.54, 1.807) is 34.9 Å². The van der Waals surface area contributed by atoms with Crippen LogP contribution in [0.25, 0.3) is 0 Å². The maximum absolute atomic E-state index is 15.0. The zero-order valence-electron chi connectivity index (χ0n) is 40.1. The standard InChI is InChI=1S/C56H67FN2O10S/c1-3-30-66-56-51(59(37-39-18-20-42(57)21-19-39)55(62)65-33-32-63-38-40-13-5-4-6-14-40)36-49(58-69-52-17-9-12-31-64-52)47-34-41(15-7-10-28-60)46(16-8-11-29-61)53(54(47)56)48-35-44(24-27-50(48)68-56)67-43-22-25-45(70-2)26-23-43/h3-6,13-14,18-27,34-35,41,46,51-54,60-61H,1,7-12,15-17,28-33,36-38H2,2H3. The van der Waals surface area contributed by atoms with Crippen LogP contribution in [0.3, 0.4) is 0 Å². The fourth-order valence-corrected chi connectivity index (χ4v) is 10.9. The predicted molar refractivity (Wildman–Crippen MR) is 267 cm³/mol. The lowest BCUT2D eigenvalue weighted by Crippen LogP contribution is -2.70. The summed E-state index contributed by atoms with van der Waals surface area (Å²) in [5.41, 5.74) is 4.11. The van der Waals surface area contributed by atoms with Crippen LogP contribution >= 0.6 is 11.8 Å². The van der Waals surface area contributed by atoms with Crippen molar-refractivity contribution in [2.75, 3.05) is 45.9 Å². The number of amides is 1. The molecule has 4 aromatic carbocycles. The summed E-state index contributed by atoms with van der Waals surface area (Å²) in [7, 11) is 0. The molecule has 0 bridgehead atoms. The minimum atomic E-state index is -1.55. The summed E-state index contributed by atoms with van der Waals surface area (Å²) in [5.74, 6) is -0.890. The van der Waals surface area contributed by atoms with Gasteiger partial charge in [0.05, 0.1) is 38.1 Å². The van der Waals surface area contributed by atoms with Crippen LogP contribution in [-0.2, 0) is 36.9 Å². The first-order chi connectivity index (χ1) is 34.3. The maximum atomic E-state index is 15.0. The Kier molecular flexibility index (Phi) is 18.4. The molecule has 2 heterocycles. The van der Waals surface area contributed by atoms with Gasteiger partial charge in [-0.05, 0) is 128 Å². The summed E-state index contributed by atoms with van der Waals surface area (Å²) in [6.07, 6.45) is 11.9. The fourth-order valence-electron chi connectivity index (χ4n) is 10.5. The summed E-state index contributed by atoms with van der Waals surface area (Å²) in [5, 5.41) is 25.1. The Labute approximate surface area is 415 Å². The van der Waals surface area contributed by atoms with Gasteiger partial charge in [0.15, 0.2) is 0 Å². The lowest BCUT2D eigenvalue weighted by Gasteiger charge is -2.59. The molecule has 374 valence electrons. The van der Waals surface area contributed by atoms with Crippen molar-refractivity contribution >= 4 is 23.6 Å². The lowest BCUT2D eigenvalue weighted by molar-refractivity contribution is -0.256. The zero-order chi connectivity index (χ0) is 48.7. The Bertz CT molecular complexity index is 2360. The Balaban J connectivity index is 1.27. The number of fused-ring (bicyclic) bond motifs is 2. The highest BCUT2D eigenvalue weighted by atomic mass is 32.2. The van der Waals surface area contributed by atoms with Gasteiger partial charge in [0.2, 0.25) is 12.1 Å². The lowest BCUT2D eigenvalue weighted by atomic mass is 9.55. The first-order valence-electron chi connectivity index (χ1n) is 24.8. The van der Waals surface area contributed by atoms with Gasteiger partial charge in [0.1, 0.15) is 35.7 Å². The van der Waals surface area contributed by atoms with Crippen molar-refractivity contribution in [2.45, 2.75) is 106 Å². The average molecular weight is 979 g/mol. The summed E-state index contributed by atoms with van der Waals surface area (Å²) in [6.45, 7) is 5.35. The Hall–Kier alpha value is -5.22. The van der Waals surface area contributed by atoms with E-state index in [2.05, 4.69) is 18.7 Å². The molecule has 14 heteroatoms. The molecule has 12 nitrogen and oxygen atoms in total. The van der Waals surface area contributed by atoms with E-state index in [1.165, 1.54) is 12.1 Å². The second-order valence-electron chi connectivity index (χ2n) is 18.4. The second kappa shape index (κ2) is 25.2. The molecule has 1 amide bonds. The van der Waals surface area contributed by atoms with Gasteiger partial charge in [-0.15, -0.1) is 18.3 Å². The molecule has 2 aliphatic heterocycles. The smallest absolute Gasteiger partial charge is 0.410 e. The third-order valence-corrected chi connectivity index (χ3v) is 14.5. The van der Waals surface area contributed by atoms with Gasteiger partial charge in [-0.1, -0.05) is 72.6 Å². The molecule has 0 radical (unpaired) electrons. The molecule has 70 heavy (non-hydrogen) atoms. The zero-order valence-corrected chi connectivity index (χ0v) is 40.9. The van der Waals surface area contributed by atoms with E-state index in [4.69, 9.17) is 38.4 Å². The number of allylic oxidation sites excluding steroid dienone is 1. The Morgan fingerprint density at radius 3 is 2.43 bits per heavy atom. The molecule has 7 unspecified atom stereocenters. The molecule has 8 rings (SSSR count). The van der Waals surface area contributed by atoms with Crippen molar-refractivity contribution in [3.8, 4) is 17.2 Å². The summed E-state index contributed by atoms with van der Waals surface area (Å²) < 4.78 is 53.8. The third kappa shape index (κ3) is 12.4. The highest BCUT2D eigenvalue weighted by Crippen LogP contribution is 2.62. The molecular weight excluding hydrogens is 912 g/mol. The Morgan fingerprint density at radius 2 is 1.70 bits per heavy atom. The van der Waals surface area contributed by atoms with Crippen molar-refractivity contribution in [2.24, 2.45) is 22.9 Å². The summed E-state index contributed by atoms with van der Waals surface area (Å²) >= 11 is 1.66. The van der Waals surface area contributed by atoms with E-state index in [0.717, 1.165) is 60.1 Å². The molecule has 2 fully saturated rings. The molecule has 0 spiro atoms. The van der Waals surface area contributed by atoms with Crippen molar-refractivity contribution in [3.05, 3.63) is 144 Å². The molecule has 0 aromatic heterocycles. The minimum absolute atomic E-state index is 0.00804. The number of carbonyl (C=O) groups is 1. The first kappa shape index (κ1) is 51.1. The van der Waals surface area contributed by atoms with Gasteiger partial charge >= 0.3 is 6.09 Å². The van der Waals surface area contributed by atoms with Crippen LogP contribution in [-0.4, -0.2) is 90.9 Å². The Morgan fingerprint density at radius 1 is 0.929 bits per heavy atom. The maximum Gasteiger partial charge on any atom is 0.410 e. The molecule has 2 N–H and O–H groups in total. The molecular formula is C56H67FN2O10S. The van der Waals surface area contributed by atoms with Crippen LogP contribution < -0.4 is 9.47 Å². The highest BCUT2D eigenvalue weighted by molar-refractivity contribution is 7.98. The second-order valence-corrected chi connectivity index (χ2v) is 19.2. The van der Waals surface area contributed by atoms with Crippen LogP contribution in [0.2, 0.25) is 0 Å². The molecule has 4 aliphatic rings. The fraction of sp³-hybridized carbons (Fsp3) is 0.464. The summed E-state index contributed by atoms with van der Waals surface area (Å²) in [6, 6.07) is 28.8. The first-order valence-corrected chi connectivity index (χ1v) is 26.0. The van der Waals surface area contributed by atoms with Crippen molar-refractivity contribution in [1.82, 2.24) is 4.90 Å². The van der Waals surface area contributed by atoms with Crippen molar-refractivity contribution in [3.63, 3.8) is 0 Å². The number of hydrogen-bond donors (Lipinski definition) is 2. The monoisotopic (exact) mass is 978 g/mol. The molecule has 1 saturated carbocycles. The predicted octanol–water partition coefficient (Wildman–Crippen LogP) is 11.4. The molecule has 7 atom stereocenters. The van der Waals surface area contributed by atoms with Crippen LogP contribution in [0.4, 0.5) is 9.18 Å². The normalized spacial score (nSPS) is 24.1. The van der Waals surface area contributed by atoms with Gasteiger partial charge in [-0.25, -0.2) is 9.18 Å². The number of aliphatic hydroxyl groups excluding tert-OH is 2. The topological polar surface area (TPSA) is 138 Å². The number of unbranched alkanes of at least 4 members (excludes halogenated alkanes) is 2. The van der Waals surface area contributed by atoms with Gasteiger partial charge in [-0.2, -0.15) is 0 Å². The number of aliphatic hydroxyl groups is 2. The number of halogens is 1. The SMILES string of the molecule is C=CCOC12Oc3ccc(Oc4ccc(SC)cc4)cc3C3C(CCCCO)C(CCCCO)C=C(C(=NOC4CCCCO4)CC1N(Cc1ccc(F)cc1)C(=O)OCCOCc1ccccc1)C32. The number of ether oxygens (including phenoxy) is 6. The molecule has 2 aliphatic carbocycles. The van der Waals surface area contributed by atoms with E-state index in [0.29, 0.717) is 61.0 Å². The number of nitrogens with zero attached hydrogens (tertiary/aromatic N) is 2. The van der Waals surface area contributed by atoms with Gasteiger partial charge in [-0.3, -0.25) is 4.90 Å². The van der Waals surface area contributed by atoms with Crippen LogP contribution in [0.5, 0.6) is 17.2 Å². The number of hydrogen-bond acceptors (Lipinski definition) is 12. The van der Waals surface area contributed by atoms with E-state index >= 15 is 4.79 Å². The molecule has 1 saturated heterocycles. The molecule has 4 aromatic rings. The van der Waals surface area contributed by atoms with Crippen molar-refractivity contribution < 1.29 is 52.7 Å². The number of thioether (sulfide) groups is 1. The van der Waals surface area contributed by atoms with Crippen LogP contribution in [0.1, 0.15) is 86.8 Å². The summed E-state index contributed by atoms with van der Waals surface area (Å²) in [4.78, 5) is 24.1. The van der Waals surface area contributed by atoms with E-state index in [9.17, 15) is 14.6 Å². The van der Waals surface area contributed by atoms with Crippen LogP contribution in [0, 0.1) is 23.6 Å². The van der Waals surface area contributed by atoms with E-state index < -0.39 is 35.9 Å². The third-order valence-electron chi connectivity index (χ3n) is 13.8. The van der Waals surface area contributed by atoms with Gasteiger partial charge in [0.25, 0.3) is 0 Å². The van der Waals surface area contributed by atoms with E-state index in [-0.39, 0.29) is 63.8 Å². The number of rotatable bonds is 24. The average Bonchev–Trinajstić information content (AvgIpc) is 3.39. The minimum Gasteiger partial charge on any atom is -0.459 e. The largest absolute Gasteiger partial charge is 0.459 e. The highest BCUT2D eigenvalue weighted by Gasteiger charge is 2.66. The number of oxime groups is 1.